The van der Waals surface area contributed by atoms with Gasteiger partial charge in [-0.1, -0.05) is 6.07 Å². The molecule has 0 radical (unpaired) electrons. The van der Waals surface area contributed by atoms with Gasteiger partial charge < -0.3 is 19.7 Å². The molecule has 1 aliphatic rings. The molecule has 7 nitrogen and oxygen atoms in total. The maximum absolute atomic E-state index is 14.0. The number of aromatic hydroxyl groups is 1. The van der Waals surface area contributed by atoms with Gasteiger partial charge in [0.15, 0.2) is 11.4 Å². The smallest absolute Gasteiger partial charge is 0.274 e. The van der Waals surface area contributed by atoms with Crippen LogP contribution in [0.3, 0.4) is 0 Å². The second kappa shape index (κ2) is 8.35. The Morgan fingerprint density at radius 1 is 1.27 bits per heavy atom. The molecule has 10 heteroatoms. The second-order valence-electron chi connectivity index (χ2n) is 8.67. The fraction of sp³-hybridized carbons (Fsp3) is 0.348. The van der Waals surface area contributed by atoms with Crippen molar-refractivity contribution < 1.29 is 23.8 Å². The predicted molar refractivity (Wildman–Crippen MR) is 120 cm³/mol. The van der Waals surface area contributed by atoms with Crippen LogP contribution in [0.15, 0.2) is 35.4 Å². The molecule has 0 saturated heterocycles. The zero-order valence-electron chi connectivity index (χ0n) is 18.3. The number of benzene rings is 1. The van der Waals surface area contributed by atoms with Crippen LogP contribution in [0.25, 0.3) is 10.6 Å². The number of carbonyl (C=O) groups is 1. The number of aliphatic hydroxyl groups is 1. The third kappa shape index (κ3) is 3.93. The average Bonchev–Trinajstić information content (AvgIpc) is 3.22. The molecule has 1 atom stereocenters. The van der Waals surface area contributed by atoms with Crippen LogP contribution >= 0.6 is 11.3 Å². The first-order valence-electron chi connectivity index (χ1n) is 10.4. The van der Waals surface area contributed by atoms with E-state index in [1.807, 2.05) is 13.8 Å². The summed E-state index contributed by atoms with van der Waals surface area (Å²) in [5.41, 5.74) is -1.55. The van der Waals surface area contributed by atoms with Crippen molar-refractivity contribution in [2.24, 2.45) is 0 Å². The van der Waals surface area contributed by atoms with Crippen LogP contribution < -0.4 is 5.43 Å². The molecule has 0 aliphatic carbocycles. The molecule has 1 unspecified atom stereocenters. The van der Waals surface area contributed by atoms with E-state index >= 15 is 0 Å². The summed E-state index contributed by atoms with van der Waals surface area (Å²) >= 11 is 1.13. The SMILES string of the molecule is CC(C)N1CC(C)(CO)n2cc(-c3ncc(Cc4ccc(F)cc4F)s3)c(=O)c(O)c2C1=O. The lowest BCUT2D eigenvalue weighted by atomic mass is 9.95. The average molecular weight is 476 g/mol. The summed E-state index contributed by atoms with van der Waals surface area (Å²) in [6.45, 7) is 5.23. The number of amides is 1. The Hall–Kier alpha value is -3.11. The molecule has 33 heavy (non-hydrogen) atoms. The number of rotatable bonds is 5. The fourth-order valence-electron chi connectivity index (χ4n) is 3.94. The first-order valence-corrected chi connectivity index (χ1v) is 11.2. The number of thiazole rings is 1. The lowest BCUT2D eigenvalue weighted by Gasteiger charge is -2.44. The molecule has 1 aromatic carbocycles. The third-order valence-corrected chi connectivity index (χ3v) is 6.90. The van der Waals surface area contributed by atoms with Crippen molar-refractivity contribution in [1.29, 1.82) is 0 Å². The first-order chi connectivity index (χ1) is 15.6. The Bertz CT molecular complexity index is 1300. The van der Waals surface area contributed by atoms with Gasteiger partial charge in [0.25, 0.3) is 5.91 Å². The lowest BCUT2D eigenvalue weighted by Crippen LogP contribution is -2.56. The van der Waals surface area contributed by atoms with E-state index < -0.39 is 34.3 Å². The summed E-state index contributed by atoms with van der Waals surface area (Å²) in [6.07, 6.45) is 3.07. The molecule has 0 saturated carbocycles. The molecule has 4 rings (SSSR count). The monoisotopic (exact) mass is 475 g/mol. The number of carbonyl (C=O) groups excluding carboxylic acids is 1. The third-order valence-electron chi connectivity index (χ3n) is 5.87. The maximum Gasteiger partial charge on any atom is 0.274 e. The number of halogens is 2. The van der Waals surface area contributed by atoms with Gasteiger partial charge in [-0.25, -0.2) is 13.8 Å². The Labute approximate surface area is 192 Å². The summed E-state index contributed by atoms with van der Waals surface area (Å²) in [6, 6.07) is 3.13. The van der Waals surface area contributed by atoms with Crippen molar-refractivity contribution >= 4 is 17.2 Å². The van der Waals surface area contributed by atoms with Crippen molar-refractivity contribution in [3.63, 3.8) is 0 Å². The van der Waals surface area contributed by atoms with E-state index in [9.17, 15) is 28.6 Å². The van der Waals surface area contributed by atoms with E-state index in [4.69, 9.17) is 0 Å². The van der Waals surface area contributed by atoms with Crippen molar-refractivity contribution in [2.75, 3.05) is 13.2 Å². The number of pyridine rings is 1. The molecular weight excluding hydrogens is 452 g/mol. The Balaban J connectivity index is 1.78. The number of hydrogen-bond donors (Lipinski definition) is 2. The van der Waals surface area contributed by atoms with Crippen LogP contribution in [0, 0.1) is 11.6 Å². The highest BCUT2D eigenvalue weighted by Crippen LogP contribution is 2.34. The molecule has 1 aliphatic heterocycles. The molecule has 174 valence electrons. The van der Waals surface area contributed by atoms with Crippen molar-refractivity contribution in [3.8, 4) is 16.3 Å². The fourth-order valence-corrected chi connectivity index (χ4v) is 4.89. The van der Waals surface area contributed by atoms with Gasteiger partial charge in [0, 0.05) is 42.3 Å². The van der Waals surface area contributed by atoms with Crippen LogP contribution in [0.2, 0.25) is 0 Å². The van der Waals surface area contributed by atoms with E-state index in [1.165, 1.54) is 34.0 Å². The normalized spacial score (nSPS) is 18.2. The van der Waals surface area contributed by atoms with Crippen LogP contribution in [-0.4, -0.2) is 49.8 Å². The van der Waals surface area contributed by atoms with E-state index in [1.54, 1.807) is 6.92 Å². The summed E-state index contributed by atoms with van der Waals surface area (Å²) in [4.78, 5) is 32.4. The molecule has 3 heterocycles. The first kappa shape index (κ1) is 23.1. The molecule has 0 spiro atoms. The molecule has 0 fully saturated rings. The van der Waals surface area contributed by atoms with Gasteiger partial charge in [-0.3, -0.25) is 9.59 Å². The Morgan fingerprint density at radius 2 is 2.00 bits per heavy atom. The zero-order chi connectivity index (χ0) is 24.1. The van der Waals surface area contributed by atoms with Gasteiger partial charge >= 0.3 is 0 Å². The minimum absolute atomic E-state index is 0.0672. The number of aliphatic hydroxyl groups excluding tert-OH is 1. The van der Waals surface area contributed by atoms with E-state index in [-0.39, 0.29) is 47.4 Å². The van der Waals surface area contributed by atoms with Crippen molar-refractivity contribution in [1.82, 2.24) is 14.5 Å². The minimum Gasteiger partial charge on any atom is -0.503 e. The van der Waals surface area contributed by atoms with Gasteiger partial charge in [-0.2, -0.15) is 0 Å². The lowest BCUT2D eigenvalue weighted by molar-refractivity contribution is 0.0348. The van der Waals surface area contributed by atoms with Crippen LogP contribution in [0.5, 0.6) is 5.75 Å². The van der Waals surface area contributed by atoms with Crippen molar-refractivity contribution in [2.45, 2.75) is 38.8 Å². The number of fused-ring (bicyclic) bond motifs is 1. The van der Waals surface area contributed by atoms with Crippen molar-refractivity contribution in [3.05, 3.63) is 68.6 Å². The minimum atomic E-state index is -0.967. The molecule has 2 N–H and O–H groups in total. The van der Waals surface area contributed by atoms with E-state index in [0.717, 1.165) is 17.4 Å². The van der Waals surface area contributed by atoms with Gasteiger partial charge in [0.1, 0.15) is 16.6 Å². The van der Waals surface area contributed by atoms with Gasteiger partial charge in [0.05, 0.1) is 17.7 Å². The Morgan fingerprint density at radius 3 is 2.64 bits per heavy atom. The van der Waals surface area contributed by atoms with Gasteiger partial charge in [0.2, 0.25) is 5.43 Å². The summed E-state index contributed by atoms with van der Waals surface area (Å²) in [7, 11) is 0. The number of hydrogen-bond acceptors (Lipinski definition) is 6. The molecule has 2 aromatic heterocycles. The van der Waals surface area contributed by atoms with Gasteiger partial charge in [-0.15, -0.1) is 11.3 Å². The second-order valence-corrected chi connectivity index (χ2v) is 9.78. The summed E-state index contributed by atoms with van der Waals surface area (Å²) in [5, 5.41) is 21.1. The van der Waals surface area contributed by atoms with Crippen LogP contribution in [0.1, 0.15) is 41.7 Å². The Kier molecular flexibility index (Phi) is 5.83. The highest BCUT2D eigenvalue weighted by molar-refractivity contribution is 7.15. The standard InChI is InChI=1S/C23H23F2N3O4S/c1-12(2)27-10-23(3,11-29)28-9-16(19(30)20(31)18(28)22(27)32)21-26-8-15(33-21)6-13-4-5-14(24)7-17(13)25/h4-5,7-9,12,29,31H,6,10-11H2,1-3H3. The maximum atomic E-state index is 14.0. The van der Waals surface area contributed by atoms with E-state index in [0.29, 0.717) is 4.88 Å². The van der Waals surface area contributed by atoms with Gasteiger partial charge in [-0.05, 0) is 32.4 Å². The van der Waals surface area contributed by atoms with Crippen LogP contribution in [0.4, 0.5) is 8.78 Å². The quantitative estimate of drug-likeness (QED) is 0.591. The number of aromatic nitrogens is 2. The zero-order valence-corrected chi connectivity index (χ0v) is 19.1. The summed E-state index contributed by atoms with van der Waals surface area (Å²) < 4.78 is 28.6. The molecule has 1 amide bonds. The number of nitrogens with zero attached hydrogens (tertiary/aromatic N) is 3. The summed E-state index contributed by atoms with van der Waals surface area (Å²) in [5.74, 6) is -2.55. The highest BCUT2D eigenvalue weighted by atomic mass is 32.1. The molecule has 3 aromatic rings. The predicted octanol–water partition coefficient (Wildman–Crippen LogP) is 3.12. The van der Waals surface area contributed by atoms with E-state index in [2.05, 4.69) is 4.98 Å². The molecular formula is C23H23F2N3O4S. The molecule has 0 bridgehead atoms. The van der Waals surface area contributed by atoms with Crippen LogP contribution in [-0.2, 0) is 12.0 Å². The largest absolute Gasteiger partial charge is 0.503 e. The topological polar surface area (TPSA) is 95.7 Å². The highest BCUT2D eigenvalue weighted by Gasteiger charge is 2.42.